The van der Waals surface area contributed by atoms with Crippen molar-refractivity contribution in [2.24, 2.45) is 5.92 Å². The van der Waals surface area contributed by atoms with E-state index in [1.165, 1.54) is 7.11 Å². The van der Waals surface area contributed by atoms with Crippen molar-refractivity contribution in [3.05, 3.63) is 0 Å². The Bertz CT molecular complexity index is 245. The topological polar surface area (TPSA) is 55.4 Å². The highest BCUT2D eigenvalue weighted by Crippen LogP contribution is 2.06. The van der Waals surface area contributed by atoms with Crippen molar-refractivity contribution in [2.45, 2.75) is 39.3 Å². The first-order valence-corrected chi connectivity index (χ1v) is 7.25. The lowest BCUT2D eigenvalue weighted by atomic mass is 10.0. The average molecular weight is 249 g/mol. The van der Waals surface area contributed by atoms with Gasteiger partial charge in [-0.1, -0.05) is 6.92 Å². The number of carbonyl (C=O) groups is 1. The fourth-order valence-electron chi connectivity index (χ4n) is 1.41. The van der Waals surface area contributed by atoms with Gasteiger partial charge in [0.25, 0.3) is 0 Å². The Morgan fingerprint density at radius 1 is 1.38 bits per heavy atom. The summed E-state index contributed by atoms with van der Waals surface area (Å²) in [5.41, 5.74) is 0. The second-order valence-electron chi connectivity index (χ2n) is 4.23. The maximum Gasteiger partial charge on any atom is 0.309 e. The number of ether oxygens (including phenoxy) is 1. The van der Waals surface area contributed by atoms with Crippen LogP contribution in [-0.2, 0) is 20.3 Å². The smallest absolute Gasteiger partial charge is 0.309 e. The number of nitrogens with one attached hydrogen (secondary N) is 1. The summed E-state index contributed by atoms with van der Waals surface area (Å²) in [5.74, 6) is 0.318. The lowest BCUT2D eigenvalue weighted by Gasteiger charge is -2.23. The summed E-state index contributed by atoms with van der Waals surface area (Å²) in [7, 11) is 0.644. The van der Waals surface area contributed by atoms with Gasteiger partial charge in [0.2, 0.25) is 0 Å². The molecular weight excluding hydrogens is 226 g/mol. The van der Waals surface area contributed by atoms with Gasteiger partial charge in [-0.2, -0.15) is 0 Å². The number of rotatable bonds is 7. The summed E-state index contributed by atoms with van der Waals surface area (Å²) >= 11 is 0. The average Bonchev–Trinajstić information content (AvgIpc) is 2.24. The molecule has 0 saturated heterocycles. The van der Waals surface area contributed by atoms with Crippen molar-refractivity contribution >= 4 is 16.8 Å². The molecule has 16 heavy (non-hydrogen) atoms. The molecule has 0 aromatic heterocycles. The van der Waals surface area contributed by atoms with Crippen LogP contribution in [-0.4, -0.2) is 41.4 Å². The van der Waals surface area contributed by atoms with Crippen molar-refractivity contribution in [2.75, 3.05) is 19.1 Å². The molecule has 4 unspecified atom stereocenters. The zero-order valence-electron chi connectivity index (χ0n) is 10.8. The lowest BCUT2D eigenvalue weighted by Crippen LogP contribution is -2.42. The van der Waals surface area contributed by atoms with Gasteiger partial charge in [0.15, 0.2) is 0 Å². The highest BCUT2D eigenvalue weighted by molar-refractivity contribution is 7.84. The summed E-state index contributed by atoms with van der Waals surface area (Å²) in [6.07, 6.45) is 2.55. The van der Waals surface area contributed by atoms with Crippen molar-refractivity contribution < 1.29 is 13.7 Å². The van der Waals surface area contributed by atoms with Crippen molar-refractivity contribution in [3.8, 4) is 0 Å². The van der Waals surface area contributed by atoms with Gasteiger partial charge in [0.05, 0.1) is 13.0 Å². The fourth-order valence-corrected chi connectivity index (χ4v) is 2.09. The Balaban J connectivity index is 3.98. The van der Waals surface area contributed by atoms with E-state index in [1.54, 1.807) is 6.26 Å². The summed E-state index contributed by atoms with van der Waals surface area (Å²) in [4.78, 5) is 11.3. The van der Waals surface area contributed by atoms with Gasteiger partial charge >= 0.3 is 5.97 Å². The molecule has 0 aromatic carbocycles. The predicted octanol–water partition coefficient (Wildman–Crippen LogP) is 0.931. The lowest BCUT2D eigenvalue weighted by molar-refractivity contribution is -0.145. The van der Waals surface area contributed by atoms with Crippen LogP contribution in [0.2, 0.25) is 0 Å². The highest BCUT2D eigenvalue weighted by atomic mass is 32.2. The molecular formula is C11H23NO3S. The minimum Gasteiger partial charge on any atom is -0.469 e. The zero-order chi connectivity index (χ0) is 12.7. The first-order chi connectivity index (χ1) is 7.38. The summed E-state index contributed by atoms with van der Waals surface area (Å²) in [6, 6.07) is 0.318. The summed E-state index contributed by atoms with van der Waals surface area (Å²) in [6.45, 7) is 5.84. The van der Waals surface area contributed by atoms with E-state index in [1.807, 2.05) is 20.8 Å². The standard InChI is InChI=1S/C11H23NO3S/c1-8(6-7-16(5)14)12-10(3)9(2)11(13)15-4/h8-10,12H,6-7H2,1-5H3. The quantitative estimate of drug-likeness (QED) is 0.682. The summed E-state index contributed by atoms with van der Waals surface area (Å²) < 4.78 is 15.6. The van der Waals surface area contributed by atoms with Gasteiger partial charge in [-0.15, -0.1) is 0 Å². The molecule has 0 bridgehead atoms. The van der Waals surface area contributed by atoms with Crippen molar-refractivity contribution in [1.82, 2.24) is 5.32 Å². The molecule has 0 saturated carbocycles. The third kappa shape index (κ3) is 6.23. The van der Waals surface area contributed by atoms with Crippen LogP contribution in [0.25, 0.3) is 0 Å². The van der Waals surface area contributed by atoms with Crippen LogP contribution < -0.4 is 5.32 Å². The summed E-state index contributed by atoms with van der Waals surface area (Å²) in [5, 5.41) is 3.31. The van der Waals surface area contributed by atoms with E-state index in [0.717, 1.165) is 6.42 Å². The molecule has 0 aliphatic carbocycles. The van der Waals surface area contributed by atoms with E-state index < -0.39 is 10.8 Å². The minimum atomic E-state index is -0.754. The molecule has 96 valence electrons. The third-order valence-corrected chi connectivity index (χ3v) is 3.52. The number of hydrogen-bond acceptors (Lipinski definition) is 4. The molecule has 0 aromatic rings. The molecule has 0 aliphatic heterocycles. The Morgan fingerprint density at radius 3 is 2.38 bits per heavy atom. The van der Waals surface area contributed by atoms with E-state index in [4.69, 9.17) is 0 Å². The number of esters is 1. The van der Waals surface area contributed by atoms with Gasteiger partial charge in [-0.25, -0.2) is 0 Å². The van der Waals surface area contributed by atoms with Crippen LogP contribution in [0.3, 0.4) is 0 Å². The maximum absolute atomic E-state index is 11.3. The van der Waals surface area contributed by atoms with Gasteiger partial charge in [0, 0.05) is 34.9 Å². The van der Waals surface area contributed by atoms with E-state index in [-0.39, 0.29) is 24.0 Å². The molecule has 0 radical (unpaired) electrons. The second-order valence-corrected chi connectivity index (χ2v) is 5.79. The SMILES string of the molecule is COC(=O)C(C)C(C)NC(C)CCS(C)=O. The predicted molar refractivity (Wildman–Crippen MR) is 66.8 cm³/mol. The van der Waals surface area contributed by atoms with Crippen LogP contribution in [0.15, 0.2) is 0 Å². The van der Waals surface area contributed by atoms with Gasteiger partial charge < -0.3 is 10.1 Å². The van der Waals surface area contributed by atoms with E-state index >= 15 is 0 Å². The molecule has 0 heterocycles. The van der Waals surface area contributed by atoms with Crippen molar-refractivity contribution in [3.63, 3.8) is 0 Å². The van der Waals surface area contributed by atoms with E-state index in [2.05, 4.69) is 10.1 Å². The first-order valence-electron chi connectivity index (χ1n) is 5.52. The van der Waals surface area contributed by atoms with Crippen LogP contribution >= 0.6 is 0 Å². The van der Waals surface area contributed by atoms with E-state index in [9.17, 15) is 9.00 Å². The van der Waals surface area contributed by atoms with Crippen LogP contribution in [0.1, 0.15) is 27.2 Å². The highest BCUT2D eigenvalue weighted by Gasteiger charge is 2.21. The molecule has 0 rings (SSSR count). The van der Waals surface area contributed by atoms with Crippen molar-refractivity contribution in [1.29, 1.82) is 0 Å². The molecule has 1 N–H and O–H groups in total. The Labute approximate surface area is 101 Å². The molecule has 5 heteroatoms. The molecule has 0 amide bonds. The zero-order valence-corrected chi connectivity index (χ0v) is 11.6. The number of methoxy groups -OCH3 is 1. The number of hydrogen-bond donors (Lipinski definition) is 1. The fraction of sp³-hybridized carbons (Fsp3) is 0.909. The largest absolute Gasteiger partial charge is 0.469 e. The van der Waals surface area contributed by atoms with E-state index in [0.29, 0.717) is 5.75 Å². The van der Waals surface area contributed by atoms with Gasteiger partial charge in [-0.3, -0.25) is 9.00 Å². The molecule has 4 atom stereocenters. The molecule has 0 aliphatic rings. The van der Waals surface area contributed by atoms with Gasteiger partial charge in [-0.05, 0) is 20.3 Å². The minimum absolute atomic E-state index is 0.0627. The molecule has 4 nitrogen and oxygen atoms in total. The van der Waals surface area contributed by atoms with Crippen LogP contribution in [0.4, 0.5) is 0 Å². The Morgan fingerprint density at radius 2 is 1.94 bits per heavy atom. The normalized spacial score (nSPS) is 18.6. The maximum atomic E-state index is 11.3. The first kappa shape index (κ1) is 15.6. The monoisotopic (exact) mass is 249 g/mol. The Hall–Kier alpha value is -0.420. The van der Waals surface area contributed by atoms with Gasteiger partial charge in [0.1, 0.15) is 0 Å². The molecule has 0 fully saturated rings. The van der Waals surface area contributed by atoms with Crippen LogP contribution in [0.5, 0.6) is 0 Å². The van der Waals surface area contributed by atoms with Crippen LogP contribution in [0, 0.1) is 5.92 Å². The Kier molecular flexibility index (Phi) is 7.58. The second kappa shape index (κ2) is 7.79. The molecule has 0 spiro atoms. The third-order valence-electron chi connectivity index (χ3n) is 2.71. The number of carbonyl (C=O) groups excluding carboxylic acids is 1.